The Kier molecular flexibility index (Phi) is 2.13. The van der Waals surface area contributed by atoms with E-state index in [4.69, 9.17) is 5.26 Å². The zero-order valence-electron chi connectivity index (χ0n) is 6.11. The molecule has 1 fully saturated rings. The van der Waals surface area contributed by atoms with Gasteiger partial charge in [0.15, 0.2) is 0 Å². The molecule has 6 heteroatoms. The highest BCUT2D eigenvalue weighted by atomic mass is 32.2. The van der Waals surface area contributed by atoms with Crippen molar-refractivity contribution in [3.05, 3.63) is 0 Å². The second-order valence-electron chi connectivity index (χ2n) is 2.35. The molecule has 0 amide bonds. The van der Waals surface area contributed by atoms with Crippen molar-refractivity contribution in [2.45, 2.75) is 0 Å². The lowest BCUT2D eigenvalue weighted by Crippen LogP contribution is -2.52. The summed E-state index contributed by atoms with van der Waals surface area (Å²) in [5.74, 6) is -0.127. The van der Waals surface area contributed by atoms with E-state index >= 15 is 0 Å². The summed E-state index contributed by atoms with van der Waals surface area (Å²) in [6.45, 7) is 0.638. The van der Waals surface area contributed by atoms with E-state index in [2.05, 4.69) is 4.72 Å². The third-order valence-electron chi connectivity index (χ3n) is 1.63. The summed E-state index contributed by atoms with van der Waals surface area (Å²) in [5.41, 5.74) is 0. The average Bonchev–Trinajstić information content (AvgIpc) is 1.85. The van der Waals surface area contributed by atoms with Crippen molar-refractivity contribution in [2.24, 2.45) is 5.92 Å². The van der Waals surface area contributed by atoms with Crippen molar-refractivity contribution in [1.29, 1.82) is 5.26 Å². The SMILES string of the molecule is CNS(=O)(=O)N1CC(C#N)C1. The Morgan fingerprint density at radius 1 is 1.64 bits per heavy atom. The number of nitriles is 1. The molecule has 0 saturated carbocycles. The molecule has 5 nitrogen and oxygen atoms in total. The van der Waals surface area contributed by atoms with Crippen molar-refractivity contribution in [1.82, 2.24) is 9.03 Å². The van der Waals surface area contributed by atoms with Gasteiger partial charge in [0.2, 0.25) is 0 Å². The summed E-state index contributed by atoms with van der Waals surface area (Å²) in [7, 11) is -1.92. The summed E-state index contributed by atoms with van der Waals surface area (Å²) in [6.07, 6.45) is 0. The van der Waals surface area contributed by atoms with Gasteiger partial charge in [-0.25, -0.2) is 4.72 Å². The monoisotopic (exact) mass is 175 g/mol. The molecule has 0 aliphatic carbocycles. The van der Waals surface area contributed by atoms with Crippen LogP contribution >= 0.6 is 0 Å². The van der Waals surface area contributed by atoms with Crippen LogP contribution in [0.4, 0.5) is 0 Å². The van der Waals surface area contributed by atoms with Gasteiger partial charge in [-0.3, -0.25) is 0 Å². The molecule has 1 aliphatic heterocycles. The van der Waals surface area contributed by atoms with Gasteiger partial charge in [0, 0.05) is 20.1 Å². The van der Waals surface area contributed by atoms with Gasteiger partial charge in [-0.1, -0.05) is 0 Å². The molecule has 0 spiro atoms. The van der Waals surface area contributed by atoms with E-state index in [0.29, 0.717) is 13.1 Å². The van der Waals surface area contributed by atoms with Gasteiger partial charge in [-0.2, -0.15) is 18.0 Å². The molecule has 1 heterocycles. The van der Waals surface area contributed by atoms with E-state index in [-0.39, 0.29) is 5.92 Å². The lowest BCUT2D eigenvalue weighted by molar-refractivity contribution is 0.246. The lowest BCUT2D eigenvalue weighted by Gasteiger charge is -2.33. The van der Waals surface area contributed by atoms with Crippen LogP contribution in [0.5, 0.6) is 0 Å². The largest absolute Gasteiger partial charge is 0.279 e. The first-order valence-electron chi connectivity index (χ1n) is 3.18. The van der Waals surface area contributed by atoms with Crippen molar-refractivity contribution < 1.29 is 8.42 Å². The van der Waals surface area contributed by atoms with Crippen LogP contribution in [0.15, 0.2) is 0 Å². The summed E-state index contributed by atoms with van der Waals surface area (Å²) in [6, 6.07) is 1.99. The number of nitrogens with one attached hydrogen (secondary N) is 1. The van der Waals surface area contributed by atoms with Gasteiger partial charge in [0.05, 0.1) is 12.0 Å². The highest BCUT2D eigenvalue weighted by molar-refractivity contribution is 7.87. The molecule has 62 valence electrons. The lowest BCUT2D eigenvalue weighted by atomic mass is 10.1. The number of hydrogen-bond acceptors (Lipinski definition) is 3. The van der Waals surface area contributed by atoms with Gasteiger partial charge in [-0.15, -0.1) is 0 Å². The molecular formula is C5H9N3O2S. The molecule has 0 radical (unpaired) electrons. The zero-order valence-corrected chi connectivity index (χ0v) is 6.93. The van der Waals surface area contributed by atoms with Crippen LogP contribution in [-0.4, -0.2) is 32.9 Å². The molecule has 11 heavy (non-hydrogen) atoms. The minimum Gasteiger partial charge on any atom is -0.205 e. The van der Waals surface area contributed by atoms with Gasteiger partial charge in [-0.05, 0) is 0 Å². The number of rotatable bonds is 2. The Bertz CT molecular complexity index is 273. The Morgan fingerprint density at radius 3 is 2.55 bits per heavy atom. The predicted molar refractivity (Wildman–Crippen MR) is 38.7 cm³/mol. The molecule has 0 bridgehead atoms. The van der Waals surface area contributed by atoms with E-state index in [9.17, 15) is 8.42 Å². The van der Waals surface area contributed by atoms with Crippen LogP contribution in [0.25, 0.3) is 0 Å². The average molecular weight is 175 g/mol. The normalized spacial score (nSPS) is 20.7. The second kappa shape index (κ2) is 2.77. The maximum atomic E-state index is 10.9. The van der Waals surface area contributed by atoms with E-state index in [0.717, 1.165) is 0 Å². The first-order chi connectivity index (χ1) is 5.10. The van der Waals surface area contributed by atoms with Crippen molar-refractivity contribution in [3.63, 3.8) is 0 Å². The van der Waals surface area contributed by atoms with Crippen LogP contribution in [0.1, 0.15) is 0 Å². The summed E-state index contributed by atoms with van der Waals surface area (Å²) in [4.78, 5) is 0. The van der Waals surface area contributed by atoms with Crippen LogP contribution in [0.2, 0.25) is 0 Å². The molecule has 1 aliphatic rings. The van der Waals surface area contributed by atoms with Gasteiger partial charge in [0.25, 0.3) is 10.2 Å². The van der Waals surface area contributed by atoms with Crippen molar-refractivity contribution in [3.8, 4) is 6.07 Å². The Balaban J connectivity index is 2.52. The number of hydrogen-bond donors (Lipinski definition) is 1. The number of nitrogens with zero attached hydrogens (tertiary/aromatic N) is 2. The van der Waals surface area contributed by atoms with Gasteiger partial charge < -0.3 is 0 Å². The van der Waals surface area contributed by atoms with Crippen LogP contribution in [-0.2, 0) is 10.2 Å². The Morgan fingerprint density at radius 2 is 2.18 bits per heavy atom. The van der Waals surface area contributed by atoms with Crippen LogP contribution in [0.3, 0.4) is 0 Å². The summed E-state index contributed by atoms with van der Waals surface area (Å²) in [5, 5.41) is 8.35. The molecule has 0 unspecified atom stereocenters. The van der Waals surface area contributed by atoms with E-state index in [1.54, 1.807) is 0 Å². The third-order valence-corrected chi connectivity index (χ3v) is 3.12. The molecular weight excluding hydrogens is 166 g/mol. The fourth-order valence-corrected chi connectivity index (χ4v) is 1.86. The predicted octanol–water partition coefficient (Wildman–Crippen LogP) is -1.09. The van der Waals surface area contributed by atoms with Crippen molar-refractivity contribution >= 4 is 10.2 Å². The fraction of sp³-hybridized carbons (Fsp3) is 0.800. The first-order valence-corrected chi connectivity index (χ1v) is 4.62. The van der Waals surface area contributed by atoms with E-state index in [1.807, 2.05) is 6.07 Å². The Labute approximate surface area is 65.8 Å². The van der Waals surface area contributed by atoms with E-state index < -0.39 is 10.2 Å². The molecule has 0 aromatic heterocycles. The quantitative estimate of drug-likeness (QED) is 0.579. The summed E-state index contributed by atoms with van der Waals surface area (Å²) < 4.78 is 25.3. The summed E-state index contributed by atoms with van der Waals surface area (Å²) >= 11 is 0. The molecule has 0 aromatic carbocycles. The molecule has 1 rings (SSSR count). The zero-order chi connectivity index (χ0) is 8.48. The van der Waals surface area contributed by atoms with Crippen LogP contribution in [0, 0.1) is 17.2 Å². The standard InChI is InChI=1S/C5H9N3O2S/c1-7-11(9,10)8-3-5(2-6)4-8/h5,7H,3-4H2,1H3. The molecule has 0 atom stereocenters. The molecule has 1 N–H and O–H groups in total. The maximum Gasteiger partial charge on any atom is 0.279 e. The second-order valence-corrected chi connectivity index (χ2v) is 4.23. The van der Waals surface area contributed by atoms with Crippen molar-refractivity contribution in [2.75, 3.05) is 20.1 Å². The fourth-order valence-electron chi connectivity index (χ4n) is 0.845. The smallest absolute Gasteiger partial charge is 0.205 e. The van der Waals surface area contributed by atoms with Crippen LogP contribution < -0.4 is 4.72 Å². The van der Waals surface area contributed by atoms with E-state index in [1.165, 1.54) is 11.4 Å². The van der Waals surface area contributed by atoms with Gasteiger partial charge >= 0.3 is 0 Å². The molecule has 1 saturated heterocycles. The highest BCUT2D eigenvalue weighted by Gasteiger charge is 2.34. The first kappa shape index (κ1) is 8.46. The maximum absolute atomic E-state index is 10.9. The minimum absolute atomic E-state index is 0.127. The third kappa shape index (κ3) is 1.50. The topological polar surface area (TPSA) is 73.2 Å². The Hall–Kier alpha value is -0.640. The minimum atomic E-state index is -3.27. The van der Waals surface area contributed by atoms with Gasteiger partial charge in [0.1, 0.15) is 0 Å². The highest BCUT2D eigenvalue weighted by Crippen LogP contribution is 2.16. The molecule has 0 aromatic rings.